The molecule has 3 aromatic rings. The molecule has 9 nitrogen and oxygen atoms in total. The molecule has 1 aromatic carbocycles. The van der Waals surface area contributed by atoms with Gasteiger partial charge >= 0.3 is 0 Å². The van der Waals surface area contributed by atoms with Gasteiger partial charge in [0.15, 0.2) is 10.8 Å². The number of hydrogen-bond acceptors (Lipinski definition) is 7. The minimum Gasteiger partial charge on any atom is -0.359 e. The van der Waals surface area contributed by atoms with Gasteiger partial charge in [0.05, 0.1) is 6.04 Å². The standard InChI is InChI=1S/C23H26N6O3S/c1-24-21(31)15-8-10-28(11-9-15)23-27-20-19(33-23)22(32)29(13-25-20)12-18(30)26-17-7-6-14-4-2-3-5-16(14)17/h2-5,13,15,17H,6-12H2,1H3,(H,24,31)(H,26,30). The van der Waals surface area contributed by atoms with E-state index in [1.54, 1.807) is 7.05 Å². The number of aromatic nitrogens is 3. The van der Waals surface area contributed by atoms with Crippen LogP contribution in [0.5, 0.6) is 0 Å². The quantitative estimate of drug-likeness (QED) is 0.592. The molecule has 1 fully saturated rings. The Morgan fingerprint density at radius 1 is 1.18 bits per heavy atom. The first-order chi connectivity index (χ1) is 16.0. The Morgan fingerprint density at radius 2 is 1.97 bits per heavy atom. The number of piperidine rings is 1. The summed E-state index contributed by atoms with van der Waals surface area (Å²) in [6.07, 6.45) is 4.70. The number of anilines is 1. The van der Waals surface area contributed by atoms with Crippen LogP contribution < -0.4 is 21.1 Å². The number of benzene rings is 1. The summed E-state index contributed by atoms with van der Waals surface area (Å²) in [7, 11) is 1.66. The van der Waals surface area contributed by atoms with Gasteiger partial charge in [-0.05, 0) is 36.8 Å². The van der Waals surface area contributed by atoms with Crippen LogP contribution in [0.4, 0.5) is 5.13 Å². The van der Waals surface area contributed by atoms with E-state index in [1.165, 1.54) is 27.8 Å². The number of aryl methyl sites for hydroxylation is 1. The zero-order valence-electron chi connectivity index (χ0n) is 18.4. The molecule has 33 heavy (non-hydrogen) atoms. The second-order valence-corrected chi connectivity index (χ2v) is 9.54. The van der Waals surface area contributed by atoms with Gasteiger partial charge in [-0.2, -0.15) is 4.98 Å². The number of amides is 2. The van der Waals surface area contributed by atoms with Crippen molar-refractivity contribution in [1.29, 1.82) is 0 Å². The lowest BCUT2D eigenvalue weighted by molar-refractivity contribution is -0.125. The fourth-order valence-electron chi connectivity index (χ4n) is 4.72. The van der Waals surface area contributed by atoms with Crippen LogP contribution >= 0.6 is 11.3 Å². The van der Waals surface area contributed by atoms with Gasteiger partial charge in [0.25, 0.3) is 5.56 Å². The number of nitrogens with zero attached hydrogens (tertiary/aromatic N) is 4. The van der Waals surface area contributed by atoms with Crippen LogP contribution in [0.3, 0.4) is 0 Å². The van der Waals surface area contributed by atoms with Crippen molar-refractivity contribution in [3.05, 3.63) is 52.1 Å². The largest absolute Gasteiger partial charge is 0.359 e. The molecule has 172 valence electrons. The highest BCUT2D eigenvalue weighted by Crippen LogP contribution is 2.31. The number of carbonyl (C=O) groups is 2. The summed E-state index contributed by atoms with van der Waals surface area (Å²) in [6, 6.07) is 8.11. The van der Waals surface area contributed by atoms with E-state index in [1.807, 2.05) is 18.2 Å². The summed E-state index contributed by atoms with van der Waals surface area (Å²) >= 11 is 1.30. The summed E-state index contributed by atoms with van der Waals surface area (Å²) in [4.78, 5) is 48.5. The molecule has 10 heteroatoms. The van der Waals surface area contributed by atoms with Crippen molar-refractivity contribution in [2.24, 2.45) is 5.92 Å². The van der Waals surface area contributed by atoms with Gasteiger partial charge in [0, 0.05) is 26.1 Å². The van der Waals surface area contributed by atoms with E-state index < -0.39 is 0 Å². The highest BCUT2D eigenvalue weighted by molar-refractivity contribution is 7.22. The van der Waals surface area contributed by atoms with E-state index in [-0.39, 0.29) is 35.9 Å². The van der Waals surface area contributed by atoms with Crippen LogP contribution in [-0.4, -0.2) is 46.5 Å². The molecule has 1 atom stereocenters. The number of fused-ring (bicyclic) bond motifs is 2. The molecule has 0 radical (unpaired) electrons. The lowest BCUT2D eigenvalue weighted by atomic mass is 9.96. The zero-order valence-corrected chi connectivity index (χ0v) is 19.2. The average Bonchev–Trinajstić information content (AvgIpc) is 3.46. The molecule has 0 bridgehead atoms. The highest BCUT2D eigenvalue weighted by atomic mass is 32.1. The predicted molar refractivity (Wildman–Crippen MR) is 126 cm³/mol. The van der Waals surface area contributed by atoms with Crippen LogP contribution in [0.1, 0.15) is 36.4 Å². The van der Waals surface area contributed by atoms with Gasteiger partial charge < -0.3 is 15.5 Å². The van der Waals surface area contributed by atoms with Crippen molar-refractivity contribution in [3.63, 3.8) is 0 Å². The zero-order chi connectivity index (χ0) is 22.9. The van der Waals surface area contributed by atoms with E-state index in [0.29, 0.717) is 23.4 Å². The molecule has 1 aliphatic carbocycles. The minimum atomic E-state index is -0.258. The smallest absolute Gasteiger partial charge is 0.273 e. The Bertz CT molecular complexity index is 1260. The second-order valence-electron chi connectivity index (χ2n) is 8.56. The van der Waals surface area contributed by atoms with Gasteiger partial charge in [0.2, 0.25) is 11.8 Å². The third-order valence-electron chi connectivity index (χ3n) is 6.54. The normalized spacial score (nSPS) is 18.3. The van der Waals surface area contributed by atoms with E-state index in [9.17, 15) is 14.4 Å². The van der Waals surface area contributed by atoms with Crippen LogP contribution in [0.15, 0.2) is 35.4 Å². The van der Waals surface area contributed by atoms with Gasteiger partial charge in [0.1, 0.15) is 17.6 Å². The Morgan fingerprint density at radius 3 is 2.76 bits per heavy atom. The number of carbonyl (C=O) groups excluding carboxylic acids is 2. The molecule has 0 spiro atoms. The molecule has 1 saturated heterocycles. The monoisotopic (exact) mass is 466 g/mol. The van der Waals surface area contributed by atoms with Crippen molar-refractivity contribution in [1.82, 2.24) is 25.2 Å². The third kappa shape index (κ3) is 4.22. The first-order valence-electron chi connectivity index (χ1n) is 11.2. The lowest BCUT2D eigenvalue weighted by Gasteiger charge is -2.30. The summed E-state index contributed by atoms with van der Waals surface area (Å²) in [6.45, 7) is 1.33. The lowest BCUT2D eigenvalue weighted by Crippen LogP contribution is -2.39. The van der Waals surface area contributed by atoms with Gasteiger partial charge in [-0.25, -0.2) is 4.98 Å². The van der Waals surface area contributed by atoms with Crippen molar-refractivity contribution >= 4 is 38.6 Å². The molecule has 0 saturated carbocycles. The van der Waals surface area contributed by atoms with E-state index in [2.05, 4.69) is 31.6 Å². The number of nitrogens with one attached hydrogen (secondary N) is 2. The maximum Gasteiger partial charge on any atom is 0.273 e. The maximum atomic E-state index is 13.0. The summed E-state index contributed by atoms with van der Waals surface area (Å²) in [5.74, 6) is -0.120. The Balaban J connectivity index is 1.28. The van der Waals surface area contributed by atoms with Crippen molar-refractivity contribution < 1.29 is 9.59 Å². The number of rotatable bonds is 5. The molecule has 2 amide bonds. The third-order valence-corrected chi connectivity index (χ3v) is 7.63. The first kappa shape index (κ1) is 21.6. The van der Waals surface area contributed by atoms with E-state index >= 15 is 0 Å². The molecule has 2 aliphatic rings. The molecule has 3 heterocycles. The number of thiazole rings is 1. The van der Waals surface area contributed by atoms with Gasteiger partial charge in [-0.3, -0.25) is 19.0 Å². The van der Waals surface area contributed by atoms with Crippen molar-refractivity contribution in [3.8, 4) is 0 Å². The number of hydrogen-bond donors (Lipinski definition) is 2. The Labute approximate surface area is 194 Å². The first-order valence-corrected chi connectivity index (χ1v) is 12.0. The molecule has 1 aliphatic heterocycles. The van der Waals surface area contributed by atoms with Crippen molar-refractivity contribution in [2.75, 3.05) is 25.0 Å². The second kappa shape index (κ2) is 8.93. The highest BCUT2D eigenvalue weighted by Gasteiger charge is 2.27. The fraction of sp³-hybridized carbons (Fsp3) is 0.435. The topological polar surface area (TPSA) is 109 Å². The maximum absolute atomic E-state index is 13.0. The van der Waals surface area contributed by atoms with Gasteiger partial charge in [-0.1, -0.05) is 35.6 Å². The van der Waals surface area contributed by atoms with Crippen molar-refractivity contribution in [2.45, 2.75) is 38.3 Å². The summed E-state index contributed by atoms with van der Waals surface area (Å²) < 4.78 is 1.79. The Hall–Kier alpha value is -3.27. The fourth-order valence-corrected chi connectivity index (χ4v) is 5.74. The van der Waals surface area contributed by atoms with Crippen LogP contribution in [0.2, 0.25) is 0 Å². The molecule has 1 unspecified atom stereocenters. The Kier molecular flexibility index (Phi) is 5.84. The molecule has 5 rings (SSSR count). The van der Waals surface area contributed by atoms with Crippen LogP contribution in [0, 0.1) is 5.92 Å². The average molecular weight is 467 g/mol. The predicted octanol–water partition coefficient (Wildman–Crippen LogP) is 1.62. The van der Waals surface area contributed by atoms with Crippen LogP contribution in [-0.2, 0) is 22.6 Å². The minimum absolute atomic E-state index is 0.0151. The summed E-state index contributed by atoms with van der Waals surface area (Å²) in [5, 5.41) is 6.50. The van der Waals surface area contributed by atoms with Crippen LogP contribution in [0.25, 0.3) is 10.3 Å². The molecular weight excluding hydrogens is 440 g/mol. The molecular formula is C23H26N6O3S. The van der Waals surface area contributed by atoms with E-state index in [4.69, 9.17) is 0 Å². The molecule has 2 N–H and O–H groups in total. The SMILES string of the molecule is CNC(=O)C1CCN(c2nc3ncn(CC(=O)NC4CCc5ccccc54)c(=O)c3s2)CC1. The summed E-state index contributed by atoms with van der Waals surface area (Å²) in [5.41, 5.74) is 2.56. The molecule has 2 aromatic heterocycles. The van der Waals surface area contributed by atoms with E-state index in [0.717, 1.165) is 36.4 Å². The van der Waals surface area contributed by atoms with Gasteiger partial charge in [-0.15, -0.1) is 0 Å².